The maximum Gasteiger partial charge on any atom is 0.0860 e. The molecule has 5 heteroatoms. The minimum absolute atomic E-state index is 0.283. The van der Waals surface area contributed by atoms with Crippen molar-refractivity contribution in [2.45, 2.75) is 40.3 Å². The average molecular weight is 285 g/mol. The van der Waals surface area contributed by atoms with Crippen LogP contribution >= 0.6 is 11.6 Å². The molecule has 1 unspecified atom stereocenters. The molecule has 1 saturated heterocycles. The van der Waals surface area contributed by atoms with Gasteiger partial charge in [0.15, 0.2) is 0 Å². The summed E-state index contributed by atoms with van der Waals surface area (Å²) in [6, 6.07) is 0.523. The third-order valence-electron chi connectivity index (χ3n) is 3.94. The Hall–Kier alpha value is -0.580. The first-order valence-corrected chi connectivity index (χ1v) is 7.30. The molecule has 108 valence electrons. The number of piperazine rings is 1. The number of hydrogen-bond donors (Lipinski definition) is 1. The molecule has 1 aliphatic rings. The molecule has 1 aliphatic heterocycles. The molecule has 2 heterocycles. The molecule has 1 N–H and O–H groups in total. The van der Waals surface area contributed by atoms with Gasteiger partial charge in [-0.1, -0.05) is 32.4 Å². The molecular weight excluding hydrogens is 260 g/mol. The Bertz CT molecular complexity index is 447. The van der Waals surface area contributed by atoms with Crippen molar-refractivity contribution in [2.24, 2.45) is 12.5 Å². The molecule has 0 amide bonds. The highest BCUT2D eigenvalue weighted by Crippen LogP contribution is 2.25. The lowest BCUT2D eigenvalue weighted by atomic mass is 9.85. The van der Waals surface area contributed by atoms with Gasteiger partial charge in [0.05, 0.1) is 16.4 Å². The second-order valence-corrected chi connectivity index (χ2v) is 6.96. The second-order valence-electron chi connectivity index (χ2n) is 6.58. The lowest BCUT2D eigenvalue weighted by Gasteiger charge is -2.40. The summed E-state index contributed by atoms with van der Waals surface area (Å²) in [5, 5.41) is 8.81. The Balaban J connectivity index is 2.07. The van der Waals surface area contributed by atoms with Crippen LogP contribution in [0.15, 0.2) is 0 Å². The van der Waals surface area contributed by atoms with Gasteiger partial charge in [0, 0.05) is 39.3 Å². The smallest absolute Gasteiger partial charge is 0.0860 e. The maximum atomic E-state index is 6.33. The van der Waals surface area contributed by atoms with Crippen molar-refractivity contribution in [1.82, 2.24) is 20.0 Å². The SMILES string of the molecule is Cc1nn(C)c(CN2CCNC(C(C)(C)C)C2)c1Cl. The van der Waals surface area contributed by atoms with Crippen molar-refractivity contribution in [1.29, 1.82) is 0 Å². The molecule has 0 aromatic carbocycles. The molecule has 0 aliphatic carbocycles. The van der Waals surface area contributed by atoms with Gasteiger partial charge in [0.25, 0.3) is 0 Å². The van der Waals surface area contributed by atoms with Crippen LogP contribution in [0.2, 0.25) is 5.02 Å². The predicted molar refractivity (Wildman–Crippen MR) is 79.5 cm³/mol. The topological polar surface area (TPSA) is 33.1 Å². The van der Waals surface area contributed by atoms with Gasteiger partial charge in [-0.2, -0.15) is 5.10 Å². The maximum absolute atomic E-state index is 6.33. The summed E-state index contributed by atoms with van der Waals surface area (Å²) < 4.78 is 1.91. The van der Waals surface area contributed by atoms with E-state index in [-0.39, 0.29) is 5.41 Å². The van der Waals surface area contributed by atoms with Gasteiger partial charge in [-0.05, 0) is 12.3 Å². The van der Waals surface area contributed by atoms with Crippen molar-refractivity contribution in [2.75, 3.05) is 19.6 Å². The Morgan fingerprint density at radius 3 is 2.63 bits per heavy atom. The minimum Gasteiger partial charge on any atom is -0.311 e. The highest BCUT2D eigenvalue weighted by atomic mass is 35.5. The monoisotopic (exact) mass is 284 g/mol. The zero-order valence-electron chi connectivity index (χ0n) is 12.6. The first-order valence-electron chi connectivity index (χ1n) is 6.92. The van der Waals surface area contributed by atoms with Crippen molar-refractivity contribution in [3.63, 3.8) is 0 Å². The van der Waals surface area contributed by atoms with Gasteiger partial charge in [0.2, 0.25) is 0 Å². The highest BCUT2D eigenvalue weighted by molar-refractivity contribution is 6.31. The lowest BCUT2D eigenvalue weighted by Crippen LogP contribution is -2.55. The van der Waals surface area contributed by atoms with E-state index in [0.29, 0.717) is 6.04 Å². The van der Waals surface area contributed by atoms with Crippen molar-refractivity contribution < 1.29 is 0 Å². The highest BCUT2D eigenvalue weighted by Gasteiger charge is 2.29. The summed E-state index contributed by atoms with van der Waals surface area (Å²) in [5.74, 6) is 0. The number of hydrogen-bond acceptors (Lipinski definition) is 3. The number of aromatic nitrogens is 2. The molecule has 1 aromatic heterocycles. The van der Waals surface area contributed by atoms with Crippen LogP contribution in [0.5, 0.6) is 0 Å². The van der Waals surface area contributed by atoms with E-state index >= 15 is 0 Å². The van der Waals surface area contributed by atoms with Gasteiger partial charge in [-0.25, -0.2) is 0 Å². The van der Waals surface area contributed by atoms with Crippen LogP contribution in [0.25, 0.3) is 0 Å². The van der Waals surface area contributed by atoms with Gasteiger partial charge in [-0.3, -0.25) is 9.58 Å². The fraction of sp³-hybridized carbons (Fsp3) is 0.786. The van der Waals surface area contributed by atoms with Crippen LogP contribution in [0.3, 0.4) is 0 Å². The molecule has 1 aromatic rings. The summed E-state index contributed by atoms with van der Waals surface area (Å²) in [4.78, 5) is 2.47. The van der Waals surface area contributed by atoms with E-state index in [1.165, 1.54) is 0 Å². The normalized spacial score (nSPS) is 21.9. The molecule has 4 nitrogen and oxygen atoms in total. The largest absolute Gasteiger partial charge is 0.311 e. The molecule has 0 spiro atoms. The summed E-state index contributed by atoms with van der Waals surface area (Å²) >= 11 is 6.33. The summed E-state index contributed by atoms with van der Waals surface area (Å²) in [6.45, 7) is 12.9. The van der Waals surface area contributed by atoms with Gasteiger partial charge >= 0.3 is 0 Å². The third kappa shape index (κ3) is 3.30. The van der Waals surface area contributed by atoms with Crippen LogP contribution in [-0.2, 0) is 13.6 Å². The lowest BCUT2D eigenvalue weighted by molar-refractivity contribution is 0.127. The Morgan fingerprint density at radius 1 is 1.42 bits per heavy atom. The van der Waals surface area contributed by atoms with E-state index in [0.717, 1.165) is 42.6 Å². The van der Waals surface area contributed by atoms with Crippen LogP contribution in [0.4, 0.5) is 0 Å². The predicted octanol–water partition coefficient (Wildman–Crippen LogP) is 2.20. The molecular formula is C14H25ClN4. The van der Waals surface area contributed by atoms with Crippen molar-refractivity contribution in [3.8, 4) is 0 Å². The van der Waals surface area contributed by atoms with Gasteiger partial charge in [0.1, 0.15) is 0 Å². The third-order valence-corrected chi connectivity index (χ3v) is 4.43. The first-order chi connectivity index (χ1) is 8.79. The molecule has 19 heavy (non-hydrogen) atoms. The van der Waals surface area contributed by atoms with E-state index in [2.05, 4.69) is 36.1 Å². The number of aryl methyl sites for hydroxylation is 2. The molecule has 1 fully saturated rings. The van der Waals surface area contributed by atoms with E-state index in [1.54, 1.807) is 0 Å². The molecule has 0 saturated carbocycles. The number of nitrogens with one attached hydrogen (secondary N) is 1. The van der Waals surface area contributed by atoms with E-state index in [9.17, 15) is 0 Å². The van der Waals surface area contributed by atoms with Crippen LogP contribution in [0, 0.1) is 12.3 Å². The van der Waals surface area contributed by atoms with Crippen molar-refractivity contribution >= 4 is 11.6 Å². The number of nitrogens with zero attached hydrogens (tertiary/aromatic N) is 3. The number of halogens is 1. The quantitative estimate of drug-likeness (QED) is 0.904. The molecule has 0 bridgehead atoms. The average Bonchev–Trinajstić information content (AvgIpc) is 2.55. The summed E-state index contributed by atoms with van der Waals surface area (Å²) in [5.41, 5.74) is 2.32. The van der Waals surface area contributed by atoms with Crippen LogP contribution in [0.1, 0.15) is 32.2 Å². The summed E-state index contributed by atoms with van der Waals surface area (Å²) in [7, 11) is 1.97. The van der Waals surface area contributed by atoms with Crippen molar-refractivity contribution in [3.05, 3.63) is 16.4 Å². The molecule has 1 atom stereocenters. The fourth-order valence-corrected chi connectivity index (χ4v) is 2.82. The van der Waals surface area contributed by atoms with Gasteiger partial charge < -0.3 is 5.32 Å². The standard InChI is InChI=1S/C14H25ClN4/c1-10-13(15)11(18(5)17-10)8-19-7-6-16-12(9-19)14(2,3)4/h12,16H,6-9H2,1-5H3. The Kier molecular flexibility index (Phi) is 4.23. The van der Waals surface area contributed by atoms with Gasteiger partial charge in [-0.15, -0.1) is 0 Å². The van der Waals surface area contributed by atoms with Crippen LogP contribution < -0.4 is 5.32 Å². The Morgan fingerprint density at radius 2 is 2.11 bits per heavy atom. The first kappa shape index (κ1) is 14.8. The second kappa shape index (κ2) is 5.43. The van der Waals surface area contributed by atoms with E-state index in [4.69, 9.17) is 11.6 Å². The van der Waals surface area contributed by atoms with E-state index in [1.807, 2.05) is 18.7 Å². The van der Waals surface area contributed by atoms with E-state index < -0.39 is 0 Å². The molecule has 0 radical (unpaired) electrons. The van der Waals surface area contributed by atoms with Crippen LogP contribution in [-0.4, -0.2) is 40.4 Å². The fourth-order valence-electron chi connectivity index (χ4n) is 2.60. The zero-order valence-corrected chi connectivity index (χ0v) is 13.4. The molecule has 2 rings (SSSR count). The number of rotatable bonds is 2. The Labute approximate surface area is 121 Å². The summed E-state index contributed by atoms with van der Waals surface area (Å²) in [6.07, 6.45) is 0. The zero-order chi connectivity index (χ0) is 14.2. The minimum atomic E-state index is 0.283.